The maximum Gasteiger partial charge on any atom is 0.0343 e. The summed E-state index contributed by atoms with van der Waals surface area (Å²) in [4.78, 5) is 0. The van der Waals surface area contributed by atoms with E-state index in [0.717, 1.165) is 32.2 Å². The first-order valence-corrected chi connectivity index (χ1v) is 9.95. The molecule has 0 saturated carbocycles. The SMILES string of the molecule is NCCCCCC(N)c1ccccc1C(c1ccccc1)c1ccccc1. The van der Waals surface area contributed by atoms with Crippen molar-refractivity contribution in [2.24, 2.45) is 11.5 Å². The van der Waals surface area contributed by atoms with Crippen LogP contribution in [-0.4, -0.2) is 6.54 Å². The molecule has 2 heteroatoms. The van der Waals surface area contributed by atoms with Crippen LogP contribution in [0.4, 0.5) is 0 Å². The molecule has 0 aliphatic carbocycles. The van der Waals surface area contributed by atoms with Crippen molar-refractivity contribution < 1.29 is 0 Å². The fraction of sp³-hybridized carbons (Fsp3) is 0.280. The van der Waals surface area contributed by atoms with Gasteiger partial charge in [-0.15, -0.1) is 0 Å². The second-order valence-corrected chi connectivity index (χ2v) is 7.13. The largest absolute Gasteiger partial charge is 0.330 e. The fourth-order valence-electron chi connectivity index (χ4n) is 3.79. The van der Waals surface area contributed by atoms with Crippen molar-refractivity contribution in [3.05, 3.63) is 107 Å². The van der Waals surface area contributed by atoms with E-state index in [-0.39, 0.29) is 12.0 Å². The van der Waals surface area contributed by atoms with Gasteiger partial charge in [0.15, 0.2) is 0 Å². The van der Waals surface area contributed by atoms with Gasteiger partial charge in [-0.25, -0.2) is 0 Å². The smallest absolute Gasteiger partial charge is 0.0343 e. The van der Waals surface area contributed by atoms with E-state index in [1.807, 2.05) is 0 Å². The van der Waals surface area contributed by atoms with Gasteiger partial charge in [0, 0.05) is 12.0 Å². The van der Waals surface area contributed by atoms with Crippen LogP contribution in [0.2, 0.25) is 0 Å². The monoisotopic (exact) mass is 358 g/mol. The second-order valence-electron chi connectivity index (χ2n) is 7.13. The Labute approximate surface area is 163 Å². The molecule has 1 unspecified atom stereocenters. The fourth-order valence-corrected chi connectivity index (χ4v) is 3.79. The second kappa shape index (κ2) is 10.1. The van der Waals surface area contributed by atoms with E-state index in [0.29, 0.717) is 0 Å². The van der Waals surface area contributed by atoms with E-state index in [1.165, 1.54) is 22.3 Å². The van der Waals surface area contributed by atoms with Crippen molar-refractivity contribution in [1.29, 1.82) is 0 Å². The summed E-state index contributed by atoms with van der Waals surface area (Å²) >= 11 is 0. The summed E-state index contributed by atoms with van der Waals surface area (Å²) < 4.78 is 0. The maximum atomic E-state index is 6.64. The maximum absolute atomic E-state index is 6.64. The van der Waals surface area contributed by atoms with Crippen molar-refractivity contribution in [3.63, 3.8) is 0 Å². The van der Waals surface area contributed by atoms with Crippen LogP contribution in [-0.2, 0) is 0 Å². The first kappa shape index (κ1) is 19.3. The predicted molar refractivity (Wildman–Crippen MR) is 115 cm³/mol. The molecule has 0 amide bonds. The Morgan fingerprint density at radius 2 is 1.11 bits per heavy atom. The molecule has 0 bridgehead atoms. The Balaban J connectivity index is 1.96. The van der Waals surface area contributed by atoms with E-state index in [9.17, 15) is 0 Å². The third-order valence-corrected chi connectivity index (χ3v) is 5.19. The molecular formula is C25H30N2. The van der Waals surface area contributed by atoms with Crippen LogP contribution in [0.5, 0.6) is 0 Å². The van der Waals surface area contributed by atoms with E-state index in [2.05, 4.69) is 84.9 Å². The average Bonchev–Trinajstić information content (AvgIpc) is 2.73. The van der Waals surface area contributed by atoms with Crippen LogP contribution in [0.15, 0.2) is 84.9 Å². The molecule has 0 aliphatic heterocycles. The third-order valence-electron chi connectivity index (χ3n) is 5.19. The van der Waals surface area contributed by atoms with Crippen molar-refractivity contribution in [2.45, 2.75) is 37.6 Å². The molecule has 4 N–H and O–H groups in total. The summed E-state index contributed by atoms with van der Waals surface area (Å²) in [7, 11) is 0. The van der Waals surface area contributed by atoms with Gasteiger partial charge in [-0.1, -0.05) is 97.8 Å². The molecule has 0 fully saturated rings. The quantitative estimate of drug-likeness (QED) is 0.398. The topological polar surface area (TPSA) is 52.0 Å². The summed E-state index contributed by atoms with van der Waals surface area (Å²) in [6.07, 6.45) is 4.33. The van der Waals surface area contributed by atoms with Crippen molar-refractivity contribution in [1.82, 2.24) is 0 Å². The lowest BCUT2D eigenvalue weighted by Gasteiger charge is -2.24. The number of hydrogen-bond acceptors (Lipinski definition) is 2. The zero-order chi connectivity index (χ0) is 18.9. The molecular weight excluding hydrogens is 328 g/mol. The van der Waals surface area contributed by atoms with Gasteiger partial charge in [-0.2, -0.15) is 0 Å². The molecule has 140 valence electrons. The highest BCUT2D eigenvalue weighted by molar-refractivity contribution is 5.47. The van der Waals surface area contributed by atoms with Gasteiger partial charge in [-0.05, 0) is 41.6 Å². The van der Waals surface area contributed by atoms with Gasteiger partial charge in [0.1, 0.15) is 0 Å². The molecule has 3 rings (SSSR count). The highest BCUT2D eigenvalue weighted by atomic mass is 14.6. The molecule has 0 aromatic heterocycles. The standard InChI is InChI=1S/C25H30N2/c26-19-11-3-8-18-24(27)22-16-9-10-17-23(22)25(20-12-4-1-5-13-20)21-14-6-2-7-15-21/h1-2,4-7,9-10,12-17,24-25H,3,8,11,18-19,26-27H2. The zero-order valence-electron chi connectivity index (χ0n) is 15.9. The Morgan fingerprint density at radius 1 is 0.593 bits per heavy atom. The molecule has 3 aromatic rings. The molecule has 0 radical (unpaired) electrons. The molecule has 3 aromatic carbocycles. The Hall–Kier alpha value is -2.42. The summed E-state index contributed by atoms with van der Waals surface area (Å²) in [6, 6.07) is 30.1. The van der Waals surface area contributed by atoms with Gasteiger partial charge >= 0.3 is 0 Å². The van der Waals surface area contributed by atoms with E-state index >= 15 is 0 Å². The number of benzene rings is 3. The first-order chi connectivity index (χ1) is 13.3. The highest BCUT2D eigenvalue weighted by Gasteiger charge is 2.21. The molecule has 1 atom stereocenters. The molecule has 0 saturated heterocycles. The Kier molecular flexibility index (Phi) is 7.20. The van der Waals surface area contributed by atoms with Crippen LogP contribution >= 0.6 is 0 Å². The molecule has 2 nitrogen and oxygen atoms in total. The minimum atomic E-state index is 0.0499. The average molecular weight is 359 g/mol. The number of nitrogens with two attached hydrogens (primary N) is 2. The van der Waals surface area contributed by atoms with Gasteiger partial charge in [0.05, 0.1) is 0 Å². The predicted octanol–water partition coefficient (Wildman–Crippen LogP) is 5.39. The minimum Gasteiger partial charge on any atom is -0.330 e. The van der Waals surface area contributed by atoms with Crippen LogP contribution in [0.1, 0.15) is 59.9 Å². The third kappa shape index (κ3) is 5.06. The molecule has 0 heterocycles. The Bertz CT molecular complexity index is 759. The summed E-state index contributed by atoms with van der Waals surface area (Å²) in [5.74, 6) is 0.193. The lowest BCUT2D eigenvalue weighted by atomic mass is 9.81. The van der Waals surface area contributed by atoms with Crippen molar-refractivity contribution in [2.75, 3.05) is 6.54 Å². The van der Waals surface area contributed by atoms with Crippen molar-refractivity contribution in [3.8, 4) is 0 Å². The summed E-state index contributed by atoms with van der Waals surface area (Å²) in [5.41, 5.74) is 17.4. The van der Waals surface area contributed by atoms with Crippen LogP contribution in [0.25, 0.3) is 0 Å². The zero-order valence-corrected chi connectivity index (χ0v) is 15.9. The first-order valence-electron chi connectivity index (χ1n) is 9.95. The molecule has 27 heavy (non-hydrogen) atoms. The van der Waals surface area contributed by atoms with E-state index < -0.39 is 0 Å². The van der Waals surface area contributed by atoms with Gasteiger partial charge in [-0.3, -0.25) is 0 Å². The van der Waals surface area contributed by atoms with Crippen LogP contribution in [0.3, 0.4) is 0 Å². The number of unbranched alkanes of at least 4 members (excludes halogenated alkanes) is 2. The number of rotatable bonds is 9. The minimum absolute atomic E-state index is 0.0499. The van der Waals surface area contributed by atoms with E-state index in [4.69, 9.17) is 11.5 Å². The normalized spacial score (nSPS) is 12.3. The Morgan fingerprint density at radius 3 is 1.67 bits per heavy atom. The number of hydrogen-bond donors (Lipinski definition) is 2. The lowest BCUT2D eigenvalue weighted by molar-refractivity contribution is 0.569. The summed E-state index contributed by atoms with van der Waals surface area (Å²) in [6.45, 7) is 0.760. The lowest BCUT2D eigenvalue weighted by Crippen LogP contribution is -2.15. The van der Waals surface area contributed by atoms with E-state index in [1.54, 1.807) is 0 Å². The highest BCUT2D eigenvalue weighted by Crippen LogP contribution is 2.36. The van der Waals surface area contributed by atoms with Crippen molar-refractivity contribution >= 4 is 0 Å². The van der Waals surface area contributed by atoms with Gasteiger partial charge in [0.2, 0.25) is 0 Å². The van der Waals surface area contributed by atoms with Crippen LogP contribution < -0.4 is 11.5 Å². The molecule has 0 aliphatic rings. The van der Waals surface area contributed by atoms with Gasteiger partial charge < -0.3 is 11.5 Å². The van der Waals surface area contributed by atoms with Crippen LogP contribution in [0, 0.1) is 0 Å². The van der Waals surface area contributed by atoms with Gasteiger partial charge in [0.25, 0.3) is 0 Å². The summed E-state index contributed by atoms with van der Waals surface area (Å²) in [5, 5.41) is 0. The molecule has 0 spiro atoms.